The summed E-state index contributed by atoms with van der Waals surface area (Å²) >= 11 is 0. The Kier molecular flexibility index (Phi) is 3.53. The highest BCUT2D eigenvalue weighted by Crippen LogP contribution is 2.33. The van der Waals surface area contributed by atoms with Crippen LogP contribution in [-0.4, -0.2) is 19.5 Å². The van der Waals surface area contributed by atoms with Crippen LogP contribution in [0.3, 0.4) is 0 Å². The van der Waals surface area contributed by atoms with Crippen LogP contribution in [-0.2, 0) is 9.47 Å². The lowest BCUT2D eigenvalue weighted by Crippen LogP contribution is -2.26. The van der Waals surface area contributed by atoms with E-state index in [9.17, 15) is 0 Å². The summed E-state index contributed by atoms with van der Waals surface area (Å²) in [6, 6.07) is 0. The van der Waals surface area contributed by atoms with Crippen LogP contribution < -0.4 is 0 Å². The van der Waals surface area contributed by atoms with Gasteiger partial charge in [-0.2, -0.15) is 0 Å². The van der Waals surface area contributed by atoms with E-state index in [1.54, 1.807) is 0 Å². The molecule has 72 valence electrons. The lowest BCUT2D eigenvalue weighted by atomic mass is 9.86. The summed E-state index contributed by atoms with van der Waals surface area (Å²) in [5, 5.41) is 0. The minimum absolute atomic E-state index is 0.0463. The van der Waals surface area contributed by atoms with Crippen LogP contribution in [0.5, 0.6) is 0 Å². The quantitative estimate of drug-likeness (QED) is 0.650. The summed E-state index contributed by atoms with van der Waals surface area (Å²) in [6.07, 6.45) is 0.0463. The molecule has 2 heteroatoms. The smallest absolute Gasteiger partial charge is 0.160 e. The minimum atomic E-state index is 0.0463. The molecule has 0 unspecified atom stereocenters. The van der Waals surface area contributed by atoms with Gasteiger partial charge in [0.2, 0.25) is 0 Å². The monoisotopic (exact) mass is 172 g/mol. The Bertz CT molecular complexity index is 132. The van der Waals surface area contributed by atoms with E-state index in [1.165, 1.54) is 0 Å². The number of ether oxygens (including phenoxy) is 2. The van der Waals surface area contributed by atoms with Crippen LogP contribution in [0.15, 0.2) is 0 Å². The fourth-order valence-corrected chi connectivity index (χ4v) is 2.03. The topological polar surface area (TPSA) is 18.5 Å². The molecule has 0 spiro atoms. The summed E-state index contributed by atoms with van der Waals surface area (Å²) in [5.74, 6) is 1.87. The molecule has 1 fully saturated rings. The van der Waals surface area contributed by atoms with Gasteiger partial charge < -0.3 is 9.47 Å². The zero-order valence-electron chi connectivity index (χ0n) is 8.54. The standard InChI is InChI=1S/C10H20O2/c1-5-11-10-9(7(2)3)8(4)6-12-10/h7-10H,5-6H2,1-4H3/t8-,9+,10+/m1/s1. The summed E-state index contributed by atoms with van der Waals surface area (Å²) in [4.78, 5) is 0. The van der Waals surface area contributed by atoms with Gasteiger partial charge in [-0.1, -0.05) is 20.8 Å². The van der Waals surface area contributed by atoms with Gasteiger partial charge in [-0.3, -0.25) is 0 Å². The number of hydrogen-bond donors (Lipinski definition) is 0. The van der Waals surface area contributed by atoms with Gasteiger partial charge in [0, 0.05) is 12.5 Å². The molecule has 0 radical (unpaired) electrons. The van der Waals surface area contributed by atoms with Crippen molar-refractivity contribution in [1.29, 1.82) is 0 Å². The van der Waals surface area contributed by atoms with Gasteiger partial charge in [-0.15, -0.1) is 0 Å². The van der Waals surface area contributed by atoms with E-state index in [2.05, 4.69) is 20.8 Å². The van der Waals surface area contributed by atoms with Crippen molar-refractivity contribution in [2.45, 2.75) is 34.0 Å². The molecule has 1 aliphatic heterocycles. The third-order valence-electron chi connectivity index (χ3n) is 2.60. The Morgan fingerprint density at radius 2 is 2.17 bits per heavy atom. The Hall–Kier alpha value is -0.0800. The van der Waals surface area contributed by atoms with Crippen LogP contribution >= 0.6 is 0 Å². The average Bonchev–Trinajstić information content (AvgIpc) is 2.32. The lowest BCUT2D eigenvalue weighted by molar-refractivity contribution is -0.134. The first-order valence-corrected chi connectivity index (χ1v) is 4.90. The molecule has 1 heterocycles. The fourth-order valence-electron chi connectivity index (χ4n) is 2.03. The Morgan fingerprint density at radius 1 is 1.50 bits per heavy atom. The molecule has 0 amide bonds. The molecule has 0 aromatic heterocycles. The summed E-state index contributed by atoms with van der Waals surface area (Å²) in [7, 11) is 0. The van der Waals surface area contributed by atoms with Crippen molar-refractivity contribution in [2.75, 3.05) is 13.2 Å². The van der Waals surface area contributed by atoms with Crippen LogP contribution in [0.25, 0.3) is 0 Å². The van der Waals surface area contributed by atoms with E-state index in [0.29, 0.717) is 17.8 Å². The second kappa shape index (κ2) is 4.24. The molecule has 0 aromatic carbocycles. The third-order valence-corrected chi connectivity index (χ3v) is 2.60. The van der Waals surface area contributed by atoms with E-state index in [4.69, 9.17) is 9.47 Å². The normalized spacial score (nSPS) is 36.2. The van der Waals surface area contributed by atoms with Crippen molar-refractivity contribution >= 4 is 0 Å². The molecule has 1 saturated heterocycles. The van der Waals surface area contributed by atoms with E-state index in [-0.39, 0.29) is 6.29 Å². The first-order valence-electron chi connectivity index (χ1n) is 4.90. The third kappa shape index (κ3) is 1.99. The van der Waals surface area contributed by atoms with Crippen molar-refractivity contribution in [2.24, 2.45) is 17.8 Å². The lowest BCUT2D eigenvalue weighted by Gasteiger charge is -2.23. The summed E-state index contributed by atoms with van der Waals surface area (Å²) < 4.78 is 11.1. The van der Waals surface area contributed by atoms with Gasteiger partial charge in [-0.25, -0.2) is 0 Å². The van der Waals surface area contributed by atoms with Crippen molar-refractivity contribution < 1.29 is 9.47 Å². The zero-order valence-corrected chi connectivity index (χ0v) is 8.54. The van der Waals surface area contributed by atoms with Gasteiger partial charge in [0.05, 0.1) is 6.61 Å². The van der Waals surface area contributed by atoms with Crippen LogP contribution in [0.1, 0.15) is 27.7 Å². The molecule has 0 saturated carbocycles. The SMILES string of the molecule is CCO[C@H]1OC[C@@H](C)[C@@H]1C(C)C. The number of hydrogen-bond acceptors (Lipinski definition) is 2. The highest BCUT2D eigenvalue weighted by atomic mass is 16.7. The van der Waals surface area contributed by atoms with E-state index < -0.39 is 0 Å². The van der Waals surface area contributed by atoms with E-state index in [0.717, 1.165) is 13.2 Å². The number of rotatable bonds is 3. The Balaban J connectivity index is 2.51. The first kappa shape index (κ1) is 10.0. The summed E-state index contributed by atoms with van der Waals surface area (Å²) in [6.45, 7) is 10.3. The first-order chi connectivity index (χ1) is 5.66. The zero-order chi connectivity index (χ0) is 9.14. The molecule has 3 atom stereocenters. The molecular weight excluding hydrogens is 152 g/mol. The molecular formula is C10H20O2. The molecule has 0 N–H and O–H groups in total. The molecule has 1 rings (SSSR count). The van der Waals surface area contributed by atoms with Crippen molar-refractivity contribution in [1.82, 2.24) is 0 Å². The molecule has 1 aliphatic rings. The van der Waals surface area contributed by atoms with Crippen molar-refractivity contribution in [3.63, 3.8) is 0 Å². The summed E-state index contributed by atoms with van der Waals surface area (Å²) in [5.41, 5.74) is 0. The van der Waals surface area contributed by atoms with Gasteiger partial charge in [-0.05, 0) is 18.8 Å². The highest BCUT2D eigenvalue weighted by Gasteiger charge is 2.36. The maximum Gasteiger partial charge on any atom is 0.160 e. The Morgan fingerprint density at radius 3 is 2.67 bits per heavy atom. The molecule has 0 aliphatic carbocycles. The van der Waals surface area contributed by atoms with E-state index >= 15 is 0 Å². The molecule has 2 nitrogen and oxygen atoms in total. The van der Waals surface area contributed by atoms with E-state index in [1.807, 2.05) is 6.92 Å². The Labute approximate surface area is 75.2 Å². The van der Waals surface area contributed by atoms with Crippen LogP contribution in [0.4, 0.5) is 0 Å². The average molecular weight is 172 g/mol. The second-order valence-corrected chi connectivity index (χ2v) is 3.96. The van der Waals surface area contributed by atoms with Crippen molar-refractivity contribution in [3.05, 3.63) is 0 Å². The van der Waals surface area contributed by atoms with Crippen LogP contribution in [0, 0.1) is 17.8 Å². The second-order valence-electron chi connectivity index (χ2n) is 3.96. The van der Waals surface area contributed by atoms with Crippen molar-refractivity contribution in [3.8, 4) is 0 Å². The van der Waals surface area contributed by atoms with Gasteiger partial charge >= 0.3 is 0 Å². The largest absolute Gasteiger partial charge is 0.353 e. The molecule has 12 heavy (non-hydrogen) atoms. The molecule has 0 aromatic rings. The fraction of sp³-hybridized carbons (Fsp3) is 1.00. The predicted octanol–water partition coefficient (Wildman–Crippen LogP) is 2.29. The van der Waals surface area contributed by atoms with Gasteiger partial charge in [0.1, 0.15) is 0 Å². The van der Waals surface area contributed by atoms with Gasteiger partial charge in [0.25, 0.3) is 0 Å². The van der Waals surface area contributed by atoms with Gasteiger partial charge in [0.15, 0.2) is 6.29 Å². The minimum Gasteiger partial charge on any atom is -0.353 e. The predicted molar refractivity (Wildman–Crippen MR) is 48.9 cm³/mol. The maximum atomic E-state index is 5.56. The van der Waals surface area contributed by atoms with Crippen LogP contribution in [0.2, 0.25) is 0 Å². The molecule has 0 bridgehead atoms. The maximum absolute atomic E-state index is 5.56. The highest BCUT2D eigenvalue weighted by molar-refractivity contribution is 4.78.